The second kappa shape index (κ2) is 4.61. The van der Waals surface area contributed by atoms with Crippen molar-refractivity contribution in [2.75, 3.05) is 17.8 Å². The van der Waals surface area contributed by atoms with E-state index in [9.17, 15) is 9.59 Å². The molecular weight excluding hydrogens is 262 g/mol. The Bertz CT molecular complexity index is 739. The van der Waals surface area contributed by atoms with Gasteiger partial charge >= 0.3 is 0 Å². The van der Waals surface area contributed by atoms with Gasteiger partial charge < -0.3 is 25.5 Å². The SMILES string of the molecule is Nc1cc2c(cc1NC(=O)c1cc[nH]c(=O)c1)OCO2. The van der Waals surface area contributed by atoms with Crippen molar-refractivity contribution < 1.29 is 14.3 Å². The van der Waals surface area contributed by atoms with E-state index in [4.69, 9.17) is 15.2 Å². The highest BCUT2D eigenvalue weighted by Crippen LogP contribution is 2.38. The van der Waals surface area contributed by atoms with Crippen molar-refractivity contribution >= 4 is 17.3 Å². The molecule has 1 aromatic heterocycles. The minimum absolute atomic E-state index is 0.125. The van der Waals surface area contributed by atoms with Crippen molar-refractivity contribution in [3.05, 3.63) is 46.4 Å². The van der Waals surface area contributed by atoms with Crippen LogP contribution in [0.2, 0.25) is 0 Å². The zero-order valence-electron chi connectivity index (χ0n) is 10.3. The third kappa shape index (κ3) is 2.16. The summed E-state index contributed by atoms with van der Waals surface area (Å²) >= 11 is 0. The number of nitrogen functional groups attached to an aromatic ring is 1. The summed E-state index contributed by atoms with van der Waals surface area (Å²) in [6.07, 6.45) is 1.40. The summed E-state index contributed by atoms with van der Waals surface area (Å²) in [5.41, 5.74) is 6.48. The van der Waals surface area contributed by atoms with E-state index < -0.39 is 5.91 Å². The van der Waals surface area contributed by atoms with Crippen LogP contribution in [-0.2, 0) is 0 Å². The first kappa shape index (κ1) is 12.1. The standard InChI is InChI=1S/C13H11N3O4/c14-8-4-10-11(20-6-19-10)5-9(8)16-13(18)7-1-2-15-12(17)3-7/h1-5H,6,14H2,(H,15,17)(H,16,18). The van der Waals surface area contributed by atoms with E-state index in [0.717, 1.165) is 0 Å². The smallest absolute Gasteiger partial charge is 0.255 e. The molecule has 0 atom stereocenters. The van der Waals surface area contributed by atoms with Gasteiger partial charge in [0.15, 0.2) is 11.5 Å². The molecule has 1 aromatic carbocycles. The van der Waals surface area contributed by atoms with Gasteiger partial charge in [0.1, 0.15) is 0 Å². The number of hydrogen-bond acceptors (Lipinski definition) is 5. The number of aromatic nitrogens is 1. The van der Waals surface area contributed by atoms with Gasteiger partial charge in [-0.25, -0.2) is 0 Å². The number of anilines is 2. The lowest BCUT2D eigenvalue weighted by Gasteiger charge is -2.09. The maximum absolute atomic E-state index is 12.0. The number of carbonyl (C=O) groups excluding carboxylic acids is 1. The molecule has 1 amide bonds. The van der Waals surface area contributed by atoms with Crippen LogP contribution in [0.4, 0.5) is 11.4 Å². The number of ether oxygens (including phenoxy) is 2. The van der Waals surface area contributed by atoms with Crippen LogP contribution in [0.25, 0.3) is 0 Å². The molecule has 0 saturated heterocycles. The van der Waals surface area contributed by atoms with E-state index >= 15 is 0 Å². The topological polar surface area (TPSA) is 106 Å². The van der Waals surface area contributed by atoms with Crippen molar-refractivity contribution in [3.63, 3.8) is 0 Å². The molecule has 0 radical (unpaired) electrons. The number of carbonyl (C=O) groups is 1. The predicted octanol–water partition coefficient (Wildman–Crippen LogP) is 0.938. The molecule has 20 heavy (non-hydrogen) atoms. The van der Waals surface area contributed by atoms with Crippen molar-refractivity contribution in [1.82, 2.24) is 4.98 Å². The molecular formula is C13H11N3O4. The van der Waals surface area contributed by atoms with Crippen LogP contribution in [0.15, 0.2) is 35.3 Å². The van der Waals surface area contributed by atoms with Gasteiger partial charge in [-0.2, -0.15) is 0 Å². The Morgan fingerprint density at radius 2 is 2.00 bits per heavy atom. The highest BCUT2D eigenvalue weighted by Gasteiger charge is 2.17. The summed E-state index contributed by atoms with van der Waals surface area (Å²) < 4.78 is 10.4. The van der Waals surface area contributed by atoms with E-state index in [1.165, 1.54) is 18.3 Å². The fraction of sp³-hybridized carbons (Fsp3) is 0.0769. The van der Waals surface area contributed by atoms with Gasteiger partial charge in [0.25, 0.3) is 5.91 Å². The Balaban J connectivity index is 1.88. The second-order valence-corrected chi connectivity index (χ2v) is 4.19. The minimum Gasteiger partial charge on any atom is -0.454 e. The first-order valence-corrected chi connectivity index (χ1v) is 5.83. The number of aromatic amines is 1. The number of nitrogens with one attached hydrogen (secondary N) is 2. The van der Waals surface area contributed by atoms with Crippen LogP contribution in [0, 0.1) is 0 Å². The quantitative estimate of drug-likeness (QED) is 0.706. The van der Waals surface area contributed by atoms with Gasteiger partial charge in [0.05, 0.1) is 11.4 Å². The molecule has 7 nitrogen and oxygen atoms in total. The molecule has 0 unspecified atom stereocenters. The molecule has 102 valence electrons. The van der Waals surface area contributed by atoms with E-state index in [1.807, 2.05) is 0 Å². The van der Waals surface area contributed by atoms with Gasteiger partial charge in [0.2, 0.25) is 12.4 Å². The fourth-order valence-electron chi connectivity index (χ4n) is 1.85. The molecule has 0 bridgehead atoms. The highest BCUT2D eigenvalue weighted by molar-refractivity contribution is 6.05. The average Bonchev–Trinajstić information content (AvgIpc) is 2.86. The molecule has 0 saturated carbocycles. The molecule has 4 N–H and O–H groups in total. The molecule has 7 heteroatoms. The number of rotatable bonds is 2. The Morgan fingerprint density at radius 1 is 1.25 bits per heavy atom. The monoisotopic (exact) mass is 273 g/mol. The maximum Gasteiger partial charge on any atom is 0.255 e. The van der Waals surface area contributed by atoms with Gasteiger partial charge in [0, 0.05) is 30.0 Å². The largest absolute Gasteiger partial charge is 0.454 e. The van der Waals surface area contributed by atoms with Crippen molar-refractivity contribution in [2.24, 2.45) is 0 Å². The fourth-order valence-corrected chi connectivity index (χ4v) is 1.85. The van der Waals surface area contributed by atoms with Crippen molar-refractivity contribution in [3.8, 4) is 11.5 Å². The Kier molecular flexibility index (Phi) is 2.79. The summed E-state index contributed by atoms with van der Waals surface area (Å²) in [6.45, 7) is 0.125. The average molecular weight is 273 g/mol. The number of hydrogen-bond donors (Lipinski definition) is 3. The summed E-state index contributed by atoms with van der Waals surface area (Å²) in [6, 6.07) is 5.87. The molecule has 0 aliphatic carbocycles. The van der Waals surface area contributed by atoms with Crippen LogP contribution in [-0.4, -0.2) is 17.7 Å². The van der Waals surface area contributed by atoms with Crippen LogP contribution in [0.5, 0.6) is 11.5 Å². The lowest BCUT2D eigenvalue weighted by Crippen LogP contribution is -2.16. The summed E-state index contributed by atoms with van der Waals surface area (Å²) in [7, 11) is 0. The summed E-state index contributed by atoms with van der Waals surface area (Å²) in [4.78, 5) is 25.6. The van der Waals surface area contributed by atoms with Gasteiger partial charge in [-0.1, -0.05) is 0 Å². The number of pyridine rings is 1. The van der Waals surface area contributed by atoms with E-state index in [0.29, 0.717) is 22.9 Å². The van der Waals surface area contributed by atoms with Gasteiger partial charge in [-0.05, 0) is 6.07 Å². The lowest BCUT2D eigenvalue weighted by molar-refractivity contribution is 0.102. The normalized spacial score (nSPS) is 12.2. The van der Waals surface area contributed by atoms with Crippen LogP contribution in [0.3, 0.4) is 0 Å². The lowest BCUT2D eigenvalue weighted by atomic mass is 10.2. The number of benzene rings is 1. The molecule has 2 aromatic rings. The molecule has 0 fully saturated rings. The third-order valence-electron chi connectivity index (χ3n) is 2.83. The second-order valence-electron chi connectivity index (χ2n) is 4.19. The van der Waals surface area contributed by atoms with E-state index in [2.05, 4.69) is 10.3 Å². The minimum atomic E-state index is -0.429. The van der Waals surface area contributed by atoms with Crippen molar-refractivity contribution in [1.29, 1.82) is 0 Å². The predicted molar refractivity (Wildman–Crippen MR) is 72.0 cm³/mol. The first-order valence-electron chi connectivity index (χ1n) is 5.83. The Labute approximate surface area is 113 Å². The number of nitrogens with two attached hydrogens (primary N) is 1. The Morgan fingerprint density at radius 3 is 2.75 bits per heavy atom. The van der Waals surface area contributed by atoms with Gasteiger partial charge in [-0.3, -0.25) is 9.59 Å². The van der Waals surface area contributed by atoms with Crippen molar-refractivity contribution in [2.45, 2.75) is 0 Å². The first-order chi connectivity index (χ1) is 9.63. The molecule has 1 aliphatic rings. The van der Waals surface area contributed by atoms with Crippen LogP contribution < -0.4 is 26.1 Å². The zero-order chi connectivity index (χ0) is 14.1. The number of amides is 1. The molecule has 3 rings (SSSR count). The highest BCUT2D eigenvalue weighted by atomic mass is 16.7. The Hall–Kier alpha value is -2.96. The van der Waals surface area contributed by atoms with Gasteiger partial charge in [-0.15, -0.1) is 0 Å². The summed E-state index contributed by atoms with van der Waals surface area (Å²) in [5, 5.41) is 2.63. The van der Waals surface area contributed by atoms with Crippen LogP contribution in [0.1, 0.15) is 10.4 Å². The maximum atomic E-state index is 12.0. The van der Waals surface area contributed by atoms with E-state index in [1.54, 1.807) is 12.1 Å². The summed E-state index contributed by atoms with van der Waals surface area (Å²) in [5.74, 6) is 0.624. The number of fused-ring (bicyclic) bond motifs is 1. The zero-order valence-corrected chi connectivity index (χ0v) is 10.3. The molecule has 2 heterocycles. The van der Waals surface area contributed by atoms with Crippen LogP contribution >= 0.6 is 0 Å². The molecule has 0 spiro atoms. The molecule has 1 aliphatic heterocycles. The van der Waals surface area contributed by atoms with E-state index in [-0.39, 0.29) is 17.9 Å². The number of H-pyrrole nitrogens is 1. The third-order valence-corrected chi connectivity index (χ3v) is 2.83.